The number of phenolic OH excluding ortho intramolecular Hbond substituents is 1. The molecule has 4 heteroatoms. The highest BCUT2D eigenvalue weighted by Gasteiger charge is 2.11. The lowest BCUT2D eigenvalue weighted by atomic mass is 10.1. The van der Waals surface area contributed by atoms with Crippen molar-refractivity contribution in [2.75, 3.05) is 7.11 Å². The summed E-state index contributed by atoms with van der Waals surface area (Å²) in [6.45, 7) is 1.79. The Labute approximate surface area is 82.3 Å². The van der Waals surface area contributed by atoms with E-state index in [1.54, 1.807) is 6.92 Å². The highest BCUT2D eigenvalue weighted by molar-refractivity contribution is 5.46. The van der Waals surface area contributed by atoms with E-state index in [-0.39, 0.29) is 17.5 Å². The molecule has 0 radical (unpaired) electrons. The summed E-state index contributed by atoms with van der Waals surface area (Å²) in [5.74, 6) is -0.331. The van der Waals surface area contributed by atoms with Crippen LogP contribution in [-0.2, 0) is 6.42 Å². The molecule has 0 aliphatic carbocycles. The van der Waals surface area contributed by atoms with E-state index in [0.29, 0.717) is 12.0 Å². The van der Waals surface area contributed by atoms with Crippen molar-refractivity contribution in [2.24, 2.45) is 5.73 Å². The molecule has 78 valence electrons. The number of benzene rings is 1. The van der Waals surface area contributed by atoms with Gasteiger partial charge in [0.05, 0.1) is 7.11 Å². The summed E-state index contributed by atoms with van der Waals surface area (Å²) < 4.78 is 17.8. The van der Waals surface area contributed by atoms with Crippen molar-refractivity contribution in [1.82, 2.24) is 0 Å². The van der Waals surface area contributed by atoms with Crippen LogP contribution in [0.1, 0.15) is 12.5 Å². The van der Waals surface area contributed by atoms with E-state index >= 15 is 0 Å². The summed E-state index contributed by atoms with van der Waals surface area (Å²) in [6.07, 6.45) is 0.417. The second-order valence-electron chi connectivity index (χ2n) is 3.30. The molecule has 1 unspecified atom stereocenters. The Morgan fingerprint density at radius 1 is 1.57 bits per heavy atom. The number of aromatic hydroxyl groups is 1. The Morgan fingerprint density at radius 2 is 2.21 bits per heavy atom. The molecular weight excluding hydrogens is 185 g/mol. The highest BCUT2D eigenvalue weighted by Crippen LogP contribution is 2.31. The number of nitrogens with two attached hydrogens (primary N) is 1. The third-order valence-electron chi connectivity index (χ3n) is 1.88. The van der Waals surface area contributed by atoms with E-state index in [2.05, 4.69) is 0 Å². The van der Waals surface area contributed by atoms with Crippen LogP contribution in [-0.4, -0.2) is 18.3 Å². The van der Waals surface area contributed by atoms with Crippen LogP contribution >= 0.6 is 0 Å². The predicted octanol–water partition coefficient (Wildman–Crippen LogP) is 1.43. The maximum Gasteiger partial charge on any atom is 0.163 e. The third kappa shape index (κ3) is 2.35. The van der Waals surface area contributed by atoms with Gasteiger partial charge in [-0.05, 0) is 19.4 Å². The molecule has 1 atom stereocenters. The van der Waals surface area contributed by atoms with Gasteiger partial charge in [0.2, 0.25) is 0 Å². The van der Waals surface area contributed by atoms with Crippen molar-refractivity contribution in [3.05, 3.63) is 23.5 Å². The van der Waals surface area contributed by atoms with Crippen molar-refractivity contribution in [3.8, 4) is 11.5 Å². The summed E-state index contributed by atoms with van der Waals surface area (Å²) in [5.41, 5.74) is 6.03. The molecule has 0 aromatic heterocycles. The predicted molar refractivity (Wildman–Crippen MR) is 52.0 cm³/mol. The lowest BCUT2D eigenvalue weighted by molar-refractivity contribution is 0.366. The third-order valence-corrected chi connectivity index (χ3v) is 1.88. The number of ether oxygens (including phenoxy) is 1. The van der Waals surface area contributed by atoms with Gasteiger partial charge in [0.15, 0.2) is 11.5 Å². The summed E-state index contributed by atoms with van der Waals surface area (Å²) in [5, 5.41) is 9.61. The SMILES string of the molecule is COc1cc(F)cc(CC(C)N)c1O. The Balaban J connectivity index is 3.08. The monoisotopic (exact) mass is 199 g/mol. The van der Waals surface area contributed by atoms with Crippen LogP contribution in [0.4, 0.5) is 4.39 Å². The van der Waals surface area contributed by atoms with Gasteiger partial charge < -0.3 is 15.6 Å². The standard InChI is InChI=1S/C10H14FNO2/c1-6(12)3-7-4-8(11)5-9(14-2)10(7)13/h4-6,13H,3,12H2,1-2H3. The van der Waals surface area contributed by atoms with E-state index in [4.69, 9.17) is 10.5 Å². The first-order valence-electron chi connectivity index (χ1n) is 4.35. The highest BCUT2D eigenvalue weighted by atomic mass is 19.1. The number of methoxy groups -OCH3 is 1. The first kappa shape index (κ1) is 10.8. The molecule has 0 amide bonds. The molecule has 3 N–H and O–H groups in total. The Morgan fingerprint density at radius 3 is 2.71 bits per heavy atom. The average molecular weight is 199 g/mol. The fourth-order valence-electron chi connectivity index (χ4n) is 1.29. The van der Waals surface area contributed by atoms with Gasteiger partial charge in [-0.1, -0.05) is 0 Å². The van der Waals surface area contributed by atoms with Gasteiger partial charge in [-0.3, -0.25) is 0 Å². The normalized spacial score (nSPS) is 12.6. The summed E-state index contributed by atoms with van der Waals surface area (Å²) in [4.78, 5) is 0. The largest absolute Gasteiger partial charge is 0.504 e. The van der Waals surface area contributed by atoms with Crippen LogP contribution < -0.4 is 10.5 Å². The minimum atomic E-state index is -0.435. The zero-order chi connectivity index (χ0) is 10.7. The van der Waals surface area contributed by atoms with Crippen LogP contribution in [0.15, 0.2) is 12.1 Å². The van der Waals surface area contributed by atoms with Crippen LogP contribution in [0.3, 0.4) is 0 Å². The number of hydrogen-bond acceptors (Lipinski definition) is 3. The minimum absolute atomic E-state index is 0.0359. The molecule has 1 rings (SSSR count). The summed E-state index contributed by atoms with van der Waals surface area (Å²) >= 11 is 0. The van der Waals surface area contributed by atoms with Crippen LogP contribution in [0.25, 0.3) is 0 Å². The van der Waals surface area contributed by atoms with Gasteiger partial charge in [0, 0.05) is 17.7 Å². The molecule has 0 saturated carbocycles. The first-order chi connectivity index (χ1) is 6.54. The summed E-state index contributed by atoms with van der Waals surface area (Å²) in [7, 11) is 1.38. The second-order valence-corrected chi connectivity index (χ2v) is 3.30. The van der Waals surface area contributed by atoms with Gasteiger partial charge in [0.1, 0.15) is 5.82 Å². The van der Waals surface area contributed by atoms with E-state index in [9.17, 15) is 9.50 Å². The maximum absolute atomic E-state index is 13.0. The Hall–Kier alpha value is -1.29. The zero-order valence-corrected chi connectivity index (χ0v) is 8.25. The molecule has 1 aromatic rings. The van der Waals surface area contributed by atoms with Crippen molar-refractivity contribution >= 4 is 0 Å². The molecule has 0 aliphatic heterocycles. The van der Waals surface area contributed by atoms with E-state index in [1.807, 2.05) is 0 Å². The van der Waals surface area contributed by atoms with E-state index in [0.717, 1.165) is 6.07 Å². The molecule has 3 nitrogen and oxygen atoms in total. The van der Waals surface area contributed by atoms with Crippen molar-refractivity contribution in [3.63, 3.8) is 0 Å². The Bertz CT molecular complexity index is 326. The second kappa shape index (κ2) is 4.28. The number of phenols is 1. The van der Waals surface area contributed by atoms with Crippen LogP contribution in [0.2, 0.25) is 0 Å². The fourth-order valence-corrected chi connectivity index (χ4v) is 1.29. The molecule has 0 spiro atoms. The van der Waals surface area contributed by atoms with Crippen LogP contribution in [0.5, 0.6) is 11.5 Å². The molecular formula is C10H14FNO2. The smallest absolute Gasteiger partial charge is 0.163 e. The van der Waals surface area contributed by atoms with Gasteiger partial charge in [-0.15, -0.1) is 0 Å². The topological polar surface area (TPSA) is 55.5 Å². The molecule has 0 saturated heterocycles. The maximum atomic E-state index is 13.0. The minimum Gasteiger partial charge on any atom is -0.504 e. The molecule has 1 aromatic carbocycles. The van der Waals surface area contributed by atoms with Crippen LogP contribution in [0, 0.1) is 5.82 Å². The Kier molecular flexibility index (Phi) is 3.30. The molecule has 14 heavy (non-hydrogen) atoms. The zero-order valence-electron chi connectivity index (χ0n) is 8.25. The molecule has 0 bridgehead atoms. The number of rotatable bonds is 3. The first-order valence-corrected chi connectivity index (χ1v) is 4.35. The van der Waals surface area contributed by atoms with Gasteiger partial charge in [0.25, 0.3) is 0 Å². The molecule has 0 fully saturated rings. The van der Waals surface area contributed by atoms with Crippen molar-refractivity contribution in [1.29, 1.82) is 0 Å². The van der Waals surface area contributed by atoms with Crippen molar-refractivity contribution < 1.29 is 14.2 Å². The quantitative estimate of drug-likeness (QED) is 0.774. The summed E-state index contributed by atoms with van der Waals surface area (Å²) in [6, 6.07) is 2.27. The lowest BCUT2D eigenvalue weighted by Gasteiger charge is -2.10. The number of halogens is 1. The van der Waals surface area contributed by atoms with E-state index in [1.165, 1.54) is 13.2 Å². The van der Waals surface area contributed by atoms with Gasteiger partial charge in [-0.2, -0.15) is 0 Å². The van der Waals surface area contributed by atoms with Gasteiger partial charge in [-0.25, -0.2) is 4.39 Å². The molecule has 0 aliphatic rings. The molecule has 0 heterocycles. The number of hydrogen-bond donors (Lipinski definition) is 2. The van der Waals surface area contributed by atoms with Crippen molar-refractivity contribution in [2.45, 2.75) is 19.4 Å². The average Bonchev–Trinajstić information content (AvgIpc) is 2.09. The van der Waals surface area contributed by atoms with E-state index < -0.39 is 5.82 Å². The van der Waals surface area contributed by atoms with Gasteiger partial charge >= 0.3 is 0 Å². The fraction of sp³-hybridized carbons (Fsp3) is 0.400. The lowest BCUT2D eigenvalue weighted by Crippen LogP contribution is -2.18.